The minimum atomic E-state index is -4.42. The molecule has 0 amide bonds. The molecule has 6 heteroatoms. The summed E-state index contributed by atoms with van der Waals surface area (Å²) >= 11 is 0. The molecule has 12 heavy (non-hydrogen) atoms. The van der Waals surface area contributed by atoms with Gasteiger partial charge in [-0.1, -0.05) is 0 Å². The summed E-state index contributed by atoms with van der Waals surface area (Å²) < 4.78 is 35.6. The van der Waals surface area contributed by atoms with E-state index >= 15 is 0 Å². The van der Waals surface area contributed by atoms with Gasteiger partial charge in [-0.05, 0) is 17.3 Å². The van der Waals surface area contributed by atoms with Gasteiger partial charge in [-0.2, -0.15) is 13.2 Å². The van der Waals surface area contributed by atoms with E-state index in [2.05, 4.69) is 10.2 Å². The highest BCUT2D eigenvalue weighted by Crippen LogP contribution is 2.28. The lowest BCUT2D eigenvalue weighted by atomic mass is 10.3. The fraction of sp³-hybridized carbons (Fsp3) is 0.167. The van der Waals surface area contributed by atoms with Gasteiger partial charge in [0.1, 0.15) is 0 Å². The molecule has 64 valence electrons. The third kappa shape index (κ3) is 1.77. The van der Waals surface area contributed by atoms with Crippen LogP contribution in [0.5, 0.6) is 0 Å². The third-order valence-corrected chi connectivity index (χ3v) is 1.17. The average molecular weight is 176 g/mol. The first-order valence-corrected chi connectivity index (χ1v) is 2.90. The summed E-state index contributed by atoms with van der Waals surface area (Å²) in [7, 11) is 0. The van der Waals surface area contributed by atoms with E-state index in [1.54, 1.807) is 0 Å². The van der Waals surface area contributed by atoms with Crippen molar-refractivity contribution >= 4 is 5.82 Å². The van der Waals surface area contributed by atoms with Gasteiger partial charge in [-0.3, -0.25) is 0 Å². The van der Waals surface area contributed by atoms with Gasteiger partial charge in [0.25, 0.3) is 0 Å². The van der Waals surface area contributed by atoms with Crippen LogP contribution in [0.4, 0.5) is 19.0 Å². The summed E-state index contributed by atoms with van der Waals surface area (Å²) in [5, 5.41) is 2.37. The highest BCUT2D eigenvalue weighted by Gasteiger charge is 2.30. The zero-order chi connectivity index (χ0) is 9.19. The molecule has 3 nitrogen and oxygen atoms in total. The van der Waals surface area contributed by atoms with Crippen molar-refractivity contribution in [2.24, 2.45) is 5.18 Å². The van der Waals surface area contributed by atoms with E-state index in [0.717, 1.165) is 12.1 Å². The summed E-state index contributed by atoms with van der Waals surface area (Å²) in [4.78, 5) is 12.9. The van der Waals surface area contributed by atoms with Gasteiger partial charge < -0.3 is 0 Å². The van der Waals surface area contributed by atoms with E-state index in [4.69, 9.17) is 0 Å². The molecule has 0 bridgehead atoms. The normalized spacial score (nSPS) is 11.2. The second-order valence-corrected chi connectivity index (χ2v) is 1.99. The van der Waals surface area contributed by atoms with Gasteiger partial charge in [-0.25, -0.2) is 4.98 Å². The molecule has 1 aromatic heterocycles. The van der Waals surface area contributed by atoms with Gasteiger partial charge in [0.05, 0.1) is 5.56 Å². The maximum Gasteiger partial charge on any atom is 0.417 e. The van der Waals surface area contributed by atoms with Crippen molar-refractivity contribution in [3.05, 3.63) is 28.8 Å². The molecule has 0 aromatic carbocycles. The number of rotatable bonds is 1. The van der Waals surface area contributed by atoms with Crippen molar-refractivity contribution in [1.82, 2.24) is 4.98 Å². The van der Waals surface area contributed by atoms with Crippen LogP contribution in [-0.4, -0.2) is 4.98 Å². The Morgan fingerprint density at radius 2 is 2.00 bits per heavy atom. The highest BCUT2D eigenvalue weighted by molar-refractivity contribution is 5.29. The molecule has 0 saturated heterocycles. The molecule has 1 rings (SSSR count). The van der Waals surface area contributed by atoms with Gasteiger partial charge in [0.2, 0.25) is 0 Å². The largest absolute Gasteiger partial charge is 0.417 e. The molecular weight excluding hydrogens is 173 g/mol. The Balaban J connectivity index is 3.00. The van der Waals surface area contributed by atoms with Crippen molar-refractivity contribution in [3.63, 3.8) is 0 Å². The summed E-state index contributed by atoms with van der Waals surface area (Å²) in [6, 6.07) is 1.67. The number of aromatic nitrogens is 1. The number of nitroso groups, excluding NO2 is 1. The minimum Gasteiger partial charge on any atom is -0.234 e. The fourth-order valence-corrected chi connectivity index (χ4v) is 0.608. The van der Waals surface area contributed by atoms with Crippen LogP contribution in [0.2, 0.25) is 0 Å². The lowest BCUT2D eigenvalue weighted by Crippen LogP contribution is -2.04. The molecule has 1 heterocycles. The number of nitrogens with zero attached hydrogens (tertiary/aromatic N) is 2. The smallest absolute Gasteiger partial charge is 0.234 e. The maximum atomic E-state index is 11.9. The predicted molar refractivity (Wildman–Crippen MR) is 34.7 cm³/mol. The molecule has 1 aromatic rings. The first kappa shape index (κ1) is 8.63. The van der Waals surface area contributed by atoms with Crippen LogP contribution in [0.1, 0.15) is 5.56 Å². The molecule has 0 saturated carbocycles. The number of hydrogen-bond donors (Lipinski definition) is 0. The average Bonchev–Trinajstić information content (AvgIpc) is 2.03. The second kappa shape index (κ2) is 2.88. The van der Waals surface area contributed by atoms with Crippen molar-refractivity contribution < 1.29 is 13.2 Å². The summed E-state index contributed by atoms with van der Waals surface area (Å²) in [5.74, 6) is -0.261. The molecule has 0 N–H and O–H groups in total. The van der Waals surface area contributed by atoms with Crippen molar-refractivity contribution in [2.45, 2.75) is 6.18 Å². The minimum absolute atomic E-state index is 0.261. The molecule has 0 fully saturated rings. The number of hydrogen-bond acceptors (Lipinski definition) is 3. The van der Waals surface area contributed by atoms with Gasteiger partial charge >= 0.3 is 6.18 Å². The molecule has 0 radical (unpaired) electrons. The molecule has 0 aliphatic heterocycles. The second-order valence-electron chi connectivity index (χ2n) is 1.99. The highest BCUT2D eigenvalue weighted by atomic mass is 19.4. The molecule has 0 aliphatic rings. The fourth-order valence-electron chi connectivity index (χ4n) is 0.608. The Morgan fingerprint density at radius 3 is 2.33 bits per heavy atom. The molecule has 0 unspecified atom stereocenters. The van der Waals surface area contributed by atoms with Crippen LogP contribution < -0.4 is 0 Å². The number of alkyl halides is 3. The Kier molecular flexibility index (Phi) is 2.07. The van der Waals surface area contributed by atoms with Crippen LogP contribution >= 0.6 is 0 Å². The van der Waals surface area contributed by atoms with Gasteiger partial charge in [0.15, 0.2) is 5.82 Å². The maximum absolute atomic E-state index is 11.9. The van der Waals surface area contributed by atoms with E-state index in [1.165, 1.54) is 0 Å². The first-order chi connectivity index (χ1) is 5.54. The van der Waals surface area contributed by atoms with Crippen molar-refractivity contribution in [1.29, 1.82) is 0 Å². The van der Waals surface area contributed by atoms with E-state index in [9.17, 15) is 18.1 Å². The summed E-state index contributed by atoms with van der Waals surface area (Å²) in [6.45, 7) is 0. The SMILES string of the molecule is O=Nc1ccc(C(F)(F)F)cn1. The standard InChI is InChI=1S/C6H3F3N2O/c7-6(8,9)4-1-2-5(11-12)10-3-4/h1-3H. The van der Waals surface area contributed by atoms with E-state index in [0.29, 0.717) is 6.20 Å². The third-order valence-electron chi connectivity index (χ3n) is 1.17. The van der Waals surface area contributed by atoms with Crippen LogP contribution in [0.25, 0.3) is 0 Å². The summed E-state index contributed by atoms with van der Waals surface area (Å²) in [5.41, 5.74) is -0.894. The van der Waals surface area contributed by atoms with Gasteiger partial charge in [-0.15, -0.1) is 4.91 Å². The van der Waals surface area contributed by atoms with Crippen molar-refractivity contribution in [2.75, 3.05) is 0 Å². The van der Waals surface area contributed by atoms with Crippen molar-refractivity contribution in [3.8, 4) is 0 Å². The summed E-state index contributed by atoms with van der Waals surface area (Å²) in [6.07, 6.45) is -3.86. The molecule has 0 spiro atoms. The number of halogens is 3. The first-order valence-electron chi connectivity index (χ1n) is 2.90. The van der Waals surface area contributed by atoms with Gasteiger partial charge in [0, 0.05) is 6.20 Å². The molecule has 0 aliphatic carbocycles. The van der Waals surface area contributed by atoms with E-state index in [1.807, 2.05) is 0 Å². The van der Waals surface area contributed by atoms with Crippen LogP contribution in [0.3, 0.4) is 0 Å². The monoisotopic (exact) mass is 176 g/mol. The predicted octanol–water partition coefficient (Wildman–Crippen LogP) is 2.50. The quantitative estimate of drug-likeness (QED) is 0.617. The number of pyridine rings is 1. The molecule has 0 atom stereocenters. The van der Waals surface area contributed by atoms with Crippen LogP contribution in [0.15, 0.2) is 23.5 Å². The lowest BCUT2D eigenvalue weighted by Gasteiger charge is -2.03. The topological polar surface area (TPSA) is 42.3 Å². The Morgan fingerprint density at radius 1 is 1.33 bits per heavy atom. The zero-order valence-electron chi connectivity index (χ0n) is 5.67. The van der Waals surface area contributed by atoms with Crippen LogP contribution in [-0.2, 0) is 6.18 Å². The Labute approximate surface area is 65.2 Å². The van der Waals surface area contributed by atoms with Crippen LogP contribution in [0, 0.1) is 4.91 Å². The van der Waals surface area contributed by atoms with E-state index < -0.39 is 11.7 Å². The Bertz CT molecular complexity index is 280. The zero-order valence-corrected chi connectivity index (χ0v) is 5.67. The Hall–Kier alpha value is -1.46. The molecular formula is C6H3F3N2O. The lowest BCUT2D eigenvalue weighted by molar-refractivity contribution is -0.137. The van der Waals surface area contributed by atoms with E-state index in [-0.39, 0.29) is 5.82 Å².